The van der Waals surface area contributed by atoms with Crippen molar-refractivity contribution in [3.05, 3.63) is 0 Å². The molecule has 0 aliphatic rings. The van der Waals surface area contributed by atoms with Gasteiger partial charge in [-0.15, -0.1) is 11.8 Å². The van der Waals surface area contributed by atoms with E-state index in [1.165, 1.54) is 0 Å². The molecule has 0 aromatic rings. The van der Waals surface area contributed by atoms with Crippen LogP contribution in [0.2, 0.25) is 0 Å². The van der Waals surface area contributed by atoms with E-state index in [1.54, 1.807) is 6.92 Å². The molecule has 0 aromatic heterocycles. The zero-order valence-corrected chi connectivity index (χ0v) is 8.27. The van der Waals surface area contributed by atoms with Crippen molar-refractivity contribution >= 4 is 0 Å². The normalized spacial score (nSPS) is 13.5. The second kappa shape index (κ2) is 6.64. The summed E-state index contributed by atoms with van der Waals surface area (Å²) in [7, 11) is 0. The van der Waals surface area contributed by atoms with Crippen molar-refractivity contribution in [2.75, 3.05) is 13.2 Å². The minimum atomic E-state index is -4.11. The predicted octanol–water partition coefficient (Wildman–Crippen LogP) is 1.64. The molecule has 0 heterocycles. The van der Waals surface area contributed by atoms with Crippen LogP contribution in [-0.4, -0.2) is 31.6 Å². The second-order valence-corrected chi connectivity index (χ2v) is 2.97. The average molecular weight is 227 g/mol. The lowest BCUT2D eigenvalue weighted by Gasteiger charge is -2.16. The standard InChI is InChI=1S/C9H13F4NO/c1-2-3-4-7(14)5-15-6-9(12,13)8(10)11/h7-8H,4-6,14H2,1H3. The van der Waals surface area contributed by atoms with Gasteiger partial charge < -0.3 is 10.5 Å². The maximum absolute atomic E-state index is 12.3. The molecule has 2 N–H and O–H groups in total. The molecule has 0 saturated carbocycles. The molecule has 0 spiro atoms. The summed E-state index contributed by atoms with van der Waals surface area (Å²) >= 11 is 0. The summed E-state index contributed by atoms with van der Waals surface area (Å²) in [5.74, 6) is 1.08. The van der Waals surface area contributed by atoms with Crippen molar-refractivity contribution in [1.29, 1.82) is 0 Å². The summed E-state index contributed by atoms with van der Waals surface area (Å²) in [5.41, 5.74) is 5.41. The molecule has 0 aliphatic heterocycles. The van der Waals surface area contributed by atoms with E-state index in [4.69, 9.17) is 5.73 Å². The van der Waals surface area contributed by atoms with Gasteiger partial charge in [0.25, 0.3) is 0 Å². The third-order valence-electron chi connectivity index (χ3n) is 1.49. The number of nitrogens with two attached hydrogens (primary N) is 1. The van der Waals surface area contributed by atoms with Gasteiger partial charge in [0.15, 0.2) is 0 Å². The Kier molecular flexibility index (Phi) is 6.29. The van der Waals surface area contributed by atoms with E-state index in [9.17, 15) is 17.6 Å². The minimum Gasteiger partial charge on any atom is -0.373 e. The largest absolute Gasteiger partial charge is 0.373 e. The molecule has 0 radical (unpaired) electrons. The Morgan fingerprint density at radius 1 is 1.40 bits per heavy atom. The van der Waals surface area contributed by atoms with E-state index >= 15 is 0 Å². The molecule has 15 heavy (non-hydrogen) atoms. The van der Waals surface area contributed by atoms with Crippen LogP contribution in [0.25, 0.3) is 0 Å². The van der Waals surface area contributed by atoms with Gasteiger partial charge in [0.1, 0.15) is 6.61 Å². The van der Waals surface area contributed by atoms with E-state index in [1.807, 2.05) is 0 Å². The van der Waals surface area contributed by atoms with Crippen molar-refractivity contribution in [1.82, 2.24) is 0 Å². The summed E-state index contributed by atoms with van der Waals surface area (Å²) in [5, 5.41) is 0. The van der Waals surface area contributed by atoms with Crippen LogP contribution < -0.4 is 5.73 Å². The fourth-order valence-corrected chi connectivity index (χ4v) is 0.701. The number of rotatable bonds is 6. The Labute approximate surface area is 85.8 Å². The van der Waals surface area contributed by atoms with Crippen LogP contribution in [0.1, 0.15) is 13.3 Å². The van der Waals surface area contributed by atoms with Crippen LogP contribution in [0, 0.1) is 11.8 Å². The molecule has 1 unspecified atom stereocenters. The van der Waals surface area contributed by atoms with Crippen LogP contribution in [-0.2, 0) is 4.74 Å². The molecule has 0 rings (SSSR count). The number of ether oxygens (including phenoxy) is 1. The number of alkyl halides is 4. The van der Waals surface area contributed by atoms with Crippen LogP contribution in [0.4, 0.5) is 17.6 Å². The van der Waals surface area contributed by atoms with E-state index in [-0.39, 0.29) is 13.0 Å². The highest BCUT2D eigenvalue weighted by atomic mass is 19.3. The summed E-state index contributed by atoms with van der Waals surface area (Å²) in [4.78, 5) is 0. The maximum Gasteiger partial charge on any atom is 0.330 e. The highest BCUT2D eigenvalue weighted by molar-refractivity contribution is 4.97. The molecule has 1 atom stereocenters. The molecule has 88 valence electrons. The Morgan fingerprint density at radius 2 is 2.00 bits per heavy atom. The van der Waals surface area contributed by atoms with Crippen molar-refractivity contribution in [2.45, 2.75) is 31.7 Å². The predicted molar refractivity (Wildman–Crippen MR) is 47.8 cm³/mol. The highest BCUT2D eigenvalue weighted by Crippen LogP contribution is 2.22. The van der Waals surface area contributed by atoms with Gasteiger partial charge >= 0.3 is 12.3 Å². The molecule has 0 aliphatic carbocycles. The van der Waals surface area contributed by atoms with E-state index in [0.29, 0.717) is 0 Å². The van der Waals surface area contributed by atoms with Gasteiger partial charge in [-0.3, -0.25) is 0 Å². The fourth-order valence-electron chi connectivity index (χ4n) is 0.701. The van der Waals surface area contributed by atoms with Gasteiger partial charge in [-0.05, 0) is 6.92 Å². The molecule has 6 heteroatoms. The van der Waals surface area contributed by atoms with Crippen LogP contribution in [0.3, 0.4) is 0 Å². The number of hydrogen-bond donors (Lipinski definition) is 1. The highest BCUT2D eigenvalue weighted by Gasteiger charge is 2.40. The van der Waals surface area contributed by atoms with Crippen molar-refractivity contribution in [2.24, 2.45) is 5.73 Å². The quantitative estimate of drug-likeness (QED) is 0.553. The molecule has 2 nitrogen and oxygen atoms in total. The summed E-state index contributed by atoms with van der Waals surface area (Å²) in [6.45, 7) is 0.0768. The monoisotopic (exact) mass is 227 g/mol. The van der Waals surface area contributed by atoms with Crippen LogP contribution in [0.15, 0.2) is 0 Å². The molecule has 0 saturated heterocycles. The minimum absolute atomic E-state index is 0.211. The van der Waals surface area contributed by atoms with E-state index in [0.717, 1.165) is 0 Å². The molecule has 0 aromatic carbocycles. The van der Waals surface area contributed by atoms with E-state index < -0.39 is 25.0 Å². The number of hydrogen-bond acceptors (Lipinski definition) is 2. The zero-order chi connectivity index (χ0) is 11.9. The summed E-state index contributed by atoms with van der Waals surface area (Å²) < 4.78 is 52.3. The Hall–Kier alpha value is -0.800. The Balaban J connectivity index is 3.72. The van der Waals surface area contributed by atoms with Gasteiger partial charge in [-0.2, -0.15) is 8.78 Å². The van der Waals surface area contributed by atoms with Crippen molar-refractivity contribution in [3.63, 3.8) is 0 Å². The first-order valence-electron chi connectivity index (χ1n) is 4.29. The summed E-state index contributed by atoms with van der Waals surface area (Å²) in [6, 6.07) is -0.536. The average Bonchev–Trinajstić information content (AvgIpc) is 2.14. The van der Waals surface area contributed by atoms with Crippen LogP contribution in [0.5, 0.6) is 0 Å². The van der Waals surface area contributed by atoms with Crippen molar-refractivity contribution in [3.8, 4) is 11.8 Å². The number of halogens is 4. The first-order chi connectivity index (χ1) is 6.90. The lowest BCUT2D eigenvalue weighted by molar-refractivity contribution is -0.166. The molecular weight excluding hydrogens is 214 g/mol. The van der Waals surface area contributed by atoms with Gasteiger partial charge in [-0.1, -0.05) is 0 Å². The maximum atomic E-state index is 12.3. The SMILES string of the molecule is CC#CCC(N)COCC(F)(F)C(F)F. The molecular formula is C9H13F4NO. The molecule has 0 fully saturated rings. The molecule has 0 bridgehead atoms. The van der Waals surface area contributed by atoms with Crippen molar-refractivity contribution < 1.29 is 22.3 Å². The topological polar surface area (TPSA) is 35.2 Å². The third kappa shape index (κ3) is 6.31. The van der Waals surface area contributed by atoms with Gasteiger partial charge in [0.2, 0.25) is 0 Å². The lowest BCUT2D eigenvalue weighted by Crippen LogP contribution is -2.35. The van der Waals surface area contributed by atoms with Gasteiger partial charge in [0, 0.05) is 12.5 Å². The zero-order valence-electron chi connectivity index (χ0n) is 8.27. The first-order valence-corrected chi connectivity index (χ1v) is 4.29. The Bertz CT molecular complexity index is 234. The second-order valence-electron chi connectivity index (χ2n) is 2.97. The lowest BCUT2D eigenvalue weighted by atomic mass is 10.2. The summed E-state index contributed by atoms with van der Waals surface area (Å²) in [6.07, 6.45) is -3.43. The van der Waals surface area contributed by atoms with Crippen LogP contribution >= 0.6 is 0 Å². The van der Waals surface area contributed by atoms with Gasteiger partial charge in [0.05, 0.1) is 6.61 Å². The fraction of sp³-hybridized carbons (Fsp3) is 0.778. The third-order valence-corrected chi connectivity index (χ3v) is 1.49. The van der Waals surface area contributed by atoms with Gasteiger partial charge in [-0.25, -0.2) is 8.78 Å². The smallest absolute Gasteiger partial charge is 0.330 e. The van der Waals surface area contributed by atoms with E-state index in [2.05, 4.69) is 16.6 Å². The molecule has 0 amide bonds. The Morgan fingerprint density at radius 3 is 2.47 bits per heavy atom. The first kappa shape index (κ1) is 14.2.